The molecule has 0 atom stereocenters. The number of thioether (sulfide) groups is 1. The molecule has 3 aromatic rings. The maximum Gasteiger partial charge on any atom is 0.337 e. The van der Waals surface area contributed by atoms with Crippen LogP contribution in [0.2, 0.25) is 0 Å². The van der Waals surface area contributed by atoms with E-state index < -0.39 is 5.97 Å². The Morgan fingerprint density at radius 2 is 1.45 bits per heavy atom. The molecule has 3 aromatic carbocycles. The third-order valence-electron chi connectivity index (χ3n) is 4.48. The Morgan fingerprint density at radius 1 is 0.828 bits per heavy atom. The first-order valence-electron chi connectivity index (χ1n) is 9.49. The molecule has 0 aliphatic rings. The third kappa shape index (κ3) is 6.50. The van der Waals surface area contributed by atoms with Gasteiger partial charge in [0.2, 0.25) is 5.91 Å². The number of amides is 1. The van der Waals surface area contributed by atoms with E-state index in [1.165, 1.54) is 5.56 Å². The number of nitrogens with one attached hydrogen (secondary N) is 1. The average Bonchev–Trinajstić information content (AvgIpc) is 2.74. The minimum Gasteiger partial charge on any atom is -0.478 e. The molecule has 29 heavy (non-hydrogen) atoms. The fraction of sp³-hybridized carbons (Fsp3) is 0.167. The van der Waals surface area contributed by atoms with Gasteiger partial charge in [-0.05, 0) is 42.2 Å². The van der Waals surface area contributed by atoms with Gasteiger partial charge in [-0.1, -0.05) is 60.7 Å². The molecule has 0 bridgehead atoms. The molecule has 3 rings (SSSR count). The standard InChI is InChI=1S/C24H23NO3S/c26-23(14-11-18-7-3-1-4-8-18)25-22-13-12-20(17-21(22)24(27)28)29-16-15-19-9-5-2-6-10-19/h1-10,12-13,17H,11,14-16H2,(H,25,26)(H,27,28). The zero-order valence-corrected chi connectivity index (χ0v) is 16.8. The van der Waals surface area contributed by atoms with Crippen LogP contribution in [0.25, 0.3) is 0 Å². The Kier molecular flexibility index (Phi) is 7.47. The normalized spacial score (nSPS) is 10.5. The number of carbonyl (C=O) groups excluding carboxylic acids is 1. The number of carboxylic acids is 1. The van der Waals surface area contributed by atoms with Crippen LogP contribution in [0.5, 0.6) is 0 Å². The zero-order valence-electron chi connectivity index (χ0n) is 16.0. The van der Waals surface area contributed by atoms with E-state index in [2.05, 4.69) is 17.4 Å². The molecule has 0 saturated carbocycles. The van der Waals surface area contributed by atoms with E-state index in [-0.39, 0.29) is 11.5 Å². The lowest BCUT2D eigenvalue weighted by Gasteiger charge is -2.11. The largest absolute Gasteiger partial charge is 0.478 e. The Morgan fingerprint density at radius 3 is 2.07 bits per heavy atom. The number of hydrogen-bond donors (Lipinski definition) is 2. The predicted molar refractivity (Wildman–Crippen MR) is 118 cm³/mol. The van der Waals surface area contributed by atoms with Crippen LogP contribution in [0.15, 0.2) is 83.8 Å². The number of anilines is 1. The van der Waals surface area contributed by atoms with Crippen molar-refractivity contribution in [2.24, 2.45) is 0 Å². The molecule has 0 unspecified atom stereocenters. The molecule has 0 radical (unpaired) electrons. The number of carboxylic acid groups (broad SMARTS) is 1. The van der Waals surface area contributed by atoms with Crippen molar-refractivity contribution >= 4 is 29.3 Å². The summed E-state index contributed by atoms with van der Waals surface area (Å²) in [6, 6.07) is 25.1. The molecule has 0 aromatic heterocycles. The molecule has 148 valence electrons. The lowest BCUT2D eigenvalue weighted by atomic mass is 10.1. The molecule has 0 fully saturated rings. The van der Waals surface area contributed by atoms with Gasteiger partial charge in [0.15, 0.2) is 0 Å². The highest BCUT2D eigenvalue weighted by molar-refractivity contribution is 7.99. The van der Waals surface area contributed by atoms with Gasteiger partial charge in [0, 0.05) is 17.1 Å². The first-order chi connectivity index (χ1) is 14.1. The molecule has 0 aliphatic heterocycles. The van der Waals surface area contributed by atoms with Crippen LogP contribution in [0.4, 0.5) is 5.69 Å². The Balaban J connectivity index is 1.58. The van der Waals surface area contributed by atoms with Crippen molar-refractivity contribution in [3.05, 3.63) is 95.6 Å². The van der Waals surface area contributed by atoms with Gasteiger partial charge < -0.3 is 10.4 Å². The van der Waals surface area contributed by atoms with Gasteiger partial charge >= 0.3 is 5.97 Å². The van der Waals surface area contributed by atoms with Gasteiger partial charge in [0.25, 0.3) is 0 Å². The first kappa shape index (κ1) is 20.7. The van der Waals surface area contributed by atoms with Gasteiger partial charge in [-0.25, -0.2) is 4.79 Å². The monoisotopic (exact) mass is 405 g/mol. The molecule has 1 amide bonds. The Bertz CT molecular complexity index is 958. The van der Waals surface area contributed by atoms with Crippen molar-refractivity contribution in [3.8, 4) is 0 Å². The zero-order chi connectivity index (χ0) is 20.5. The van der Waals surface area contributed by atoms with Crippen LogP contribution in [0, 0.1) is 0 Å². The number of aryl methyl sites for hydroxylation is 2. The lowest BCUT2D eigenvalue weighted by molar-refractivity contribution is -0.116. The summed E-state index contributed by atoms with van der Waals surface area (Å²) < 4.78 is 0. The van der Waals surface area contributed by atoms with E-state index in [0.29, 0.717) is 18.5 Å². The minimum atomic E-state index is -1.05. The van der Waals surface area contributed by atoms with Gasteiger partial charge in [0.05, 0.1) is 11.3 Å². The Hall–Kier alpha value is -3.05. The third-order valence-corrected chi connectivity index (χ3v) is 5.48. The number of hydrogen-bond acceptors (Lipinski definition) is 3. The van der Waals surface area contributed by atoms with E-state index in [9.17, 15) is 14.7 Å². The van der Waals surface area contributed by atoms with Crippen molar-refractivity contribution in [1.82, 2.24) is 0 Å². The molecule has 0 spiro atoms. The summed E-state index contributed by atoms with van der Waals surface area (Å²) in [7, 11) is 0. The van der Waals surface area contributed by atoms with Crippen molar-refractivity contribution in [3.63, 3.8) is 0 Å². The predicted octanol–water partition coefficient (Wildman–Crippen LogP) is 5.29. The molecule has 2 N–H and O–H groups in total. The van der Waals surface area contributed by atoms with E-state index in [1.54, 1.807) is 23.9 Å². The molecule has 0 heterocycles. The van der Waals surface area contributed by atoms with Gasteiger partial charge in [-0.15, -0.1) is 11.8 Å². The molecule has 5 heteroatoms. The second-order valence-electron chi connectivity index (χ2n) is 6.63. The highest BCUT2D eigenvalue weighted by atomic mass is 32.2. The van der Waals surface area contributed by atoms with E-state index >= 15 is 0 Å². The van der Waals surface area contributed by atoms with Crippen LogP contribution in [-0.2, 0) is 17.6 Å². The van der Waals surface area contributed by atoms with Crippen LogP contribution in [0.3, 0.4) is 0 Å². The fourth-order valence-electron chi connectivity index (χ4n) is 2.95. The molecule has 4 nitrogen and oxygen atoms in total. The summed E-state index contributed by atoms with van der Waals surface area (Å²) in [6.45, 7) is 0. The fourth-order valence-corrected chi connectivity index (χ4v) is 3.88. The van der Waals surface area contributed by atoms with Crippen molar-refractivity contribution < 1.29 is 14.7 Å². The lowest BCUT2D eigenvalue weighted by Crippen LogP contribution is -2.15. The maximum atomic E-state index is 12.3. The molecular formula is C24H23NO3S. The summed E-state index contributed by atoms with van der Waals surface area (Å²) in [6.07, 6.45) is 1.82. The number of carbonyl (C=O) groups is 2. The van der Waals surface area contributed by atoms with Gasteiger partial charge in [-0.3, -0.25) is 4.79 Å². The molecule has 0 aliphatic carbocycles. The number of aromatic carboxylic acids is 1. The minimum absolute atomic E-state index is 0.114. The van der Waals surface area contributed by atoms with E-state index in [1.807, 2.05) is 54.6 Å². The topological polar surface area (TPSA) is 66.4 Å². The SMILES string of the molecule is O=C(CCc1ccccc1)Nc1ccc(SCCc2ccccc2)cc1C(=O)O. The highest BCUT2D eigenvalue weighted by Crippen LogP contribution is 2.26. The number of rotatable bonds is 9. The van der Waals surface area contributed by atoms with Crippen LogP contribution in [0.1, 0.15) is 27.9 Å². The van der Waals surface area contributed by atoms with Crippen LogP contribution in [-0.4, -0.2) is 22.7 Å². The summed E-state index contributed by atoms with van der Waals surface area (Å²) in [5.74, 6) is -0.388. The summed E-state index contributed by atoms with van der Waals surface area (Å²) in [5, 5.41) is 12.3. The quantitative estimate of drug-likeness (QED) is 0.475. The molecular weight excluding hydrogens is 382 g/mol. The van der Waals surface area contributed by atoms with E-state index in [4.69, 9.17) is 0 Å². The second kappa shape index (κ2) is 10.5. The highest BCUT2D eigenvalue weighted by Gasteiger charge is 2.14. The summed E-state index contributed by atoms with van der Waals surface area (Å²) in [4.78, 5) is 24.8. The van der Waals surface area contributed by atoms with Gasteiger partial charge in [-0.2, -0.15) is 0 Å². The van der Waals surface area contributed by atoms with E-state index in [0.717, 1.165) is 22.6 Å². The summed E-state index contributed by atoms with van der Waals surface area (Å²) in [5.41, 5.74) is 2.78. The average molecular weight is 406 g/mol. The maximum absolute atomic E-state index is 12.3. The summed E-state index contributed by atoms with van der Waals surface area (Å²) >= 11 is 1.61. The Labute approximate surface area is 175 Å². The molecule has 0 saturated heterocycles. The number of benzene rings is 3. The van der Waals surface area contributed by atoms with Crippen molar-refractivity contribution in [2.45, 2.75) is 24.2 Å². The van der Waals surface area contributed by atoms with Gasteiger partial charge in [0.1, 0.15) is 0 Å². The smallest absolute Gasteiger partial charge is 0.337 e. The first-order valence-corrected chi connectivity index (χ1v) is 10.5. The van der Waals surface area contributed by atoms with Crippen molar-refractivity contribution in [2.75, 3.05) is 11.1 Å². The van der Waals surface area contributed by atoms with Crippen LogP contribution < -0.4 is 5.32 Å². The van der Waals surface area contributed by atoms with Crippen LogP contribution >= 0.6 is 11.8 Å². The second-order valence-corrected chi connectivity index (χ2v) is 7.80. The van der Waals surface area contributed by atoms with Crippen molar-refractivity contribution in [1.29, 1.82) is 0 Å².